The van der Waals surface area contributed by atoms with Crippen molar-refractivity contribution in [2.24, 2.45) is 0 Å². The highest BCUT2D eigenvalue weighted by Crippen LogP contribution is 2.34. The van der Waals surface area contributed by atoms with Gasteiger partial charge in [-0.1, -0.05) is 12.1 Å². The van der Waals surface area contributed by atoms with Crippen molar-refractivity contribution in [1.29, 1.82) is 0 Å². The van der Waals surface area contributed by atoms with E-state index in [9.17, 15) is 4.79 Å². The molecule has 1 aliphatic heterocycles. The van der Waals surface area contributed by atoms with Crippen molar-refractivity contribution in [3.8, 4) is 5.75 Å². The van der Waals surface area contributed by atoms with Gasteiger partial charge in [0, 0.05) is 6.54 Å². The minimum Gasteiger partial charge on any atom is -0.497 e. The Hall–Kier alpha value is -2.23. The lowest BCUT2D eigenvalue weighted by atomic mass is 10.0. The zero-order chi connectivity index (χ0) is 14.8. The van der Waals surface area contributed by atoms with Crippen molar-refractivity contribution < 1.29 is 13.9 Å². The molecule has 3 rings (SSSR count). The third-order valence-electron chi connectivity index (χ3n) is 4.10. The third-order valence-corrected chi connectivity index (χ3v) is 4.10. The van der Waals surface area contributed by atoms with Crippen LogP contribution in [0.5, 0.6) is 5.75 Å². The standard InChI is InChI=1S/C17H19NO3/c1-12-15(9-11-21-12)17(19)18-10-3-4-16(18)13-5-7-14(20-2)8-6-13/h5-9,11,16H,3-4,10H2,1-2H3. The Balaban J connectivity index is 1.85. The van der Waals surface area contributed by atoms with Crippen molar-refractivity contribution in [2.45, 2.75) is 25.8 Å². The molecule has 110 valence electrons. The molecule has 2 aromatic rings. The Morgan fingerprint density at radius 3 is 2.67 bits per heavy atom. The first kappa shape index (κ1) is 13.7. The number of ether oxygens (including phenoxy) is 1. The number of nitrogens with zero attached hydrogens (tertiary/aromatic N) is 1. The fraction of sp³-hybridized carbons (Fsp3) is 0.353. The third kappa shape index (κ3) is 2.53. The highest BCUT2D eigenvalue weighted by molar-refractivity contribution is 5.95. The lowest BCUT2D eigenvalue weighted by molar-refractivity contribution is 0.0734. The van der Waals surface area contributed by atoms with Crippen LogP contribution < -0.4 is 4.74 Å². The second-order valence-electron chi connectivity index (χ2n) is 5.32. The van der Waals surface area contributed by atoms with Crippen LogP contribution in [0.2, 0.25) is 0 Å². The summed E-state index contributed by atoms with van der Waals surface area (Å²) in [5, 5.41) is 0. The molecule has 1 unspecified atom stereocenters. The molecule has 0 spiro atoms. The second kappa shape index (κ2) is 5.64. The van der Waals surface area contributed by atoms with Crippen molar-refractivity contribution in [3.63, 3.8) is 0 Å². The van der Waals surface area contributed by atoms with Gasteiger partial charge >= 0.3 is 0 Å². The molecule has 0 bridgehead atoms. The number of rotatable bonds is 3. The number of benzene rings is 1. The number of amides is 1. The first-order valence-corrected chi connectivity index (χ1v) is 7.19. The Morgan fingerprint density at radius 1 is 1.29 bits per heavy atom. The zero-order valence-electron chi connectivity index (χ0n) is 12.3. The number of carbonyl (C=O) groups excluding carboxylic acids is 1. The van der Waals surface area contributed by atoms with Gasteiger partial charge in [0.15, 0.2) is 0 Å². The Labute approximate surface area is 124 Å². The highest BCUT2D eigenvalue weighted by Gasteiger charge is 2.31. The van der Waals surface area contributed by atoms with Gasteiger partial charge in [-0.05, 0) is 43.5 Å². The molecule has 1 amide bonds. The minimum atomic E-state index is 0.0552. The maximum absolute atomic E-state index is 12.7. The van der Waals surface area contributed by atoms with E-state index in [1.54, 1.807) is 19.4 Å². The molecule has 21 heavy (non-hydrogen) atoms. The number of hydrogen-bond donors (Lipinski definition) is 0. The van der Waals surface area contributed by atoms with E-state index in [-0.39, 0.29) is 11.9 Å². The smallest absolute Gasteiger partial charge is 0.257 e. The van der Waals surface area contributed by atoms with E-state index in [0.717, 1.165) is 30.7 Å². The SMILES string of the molecule is COc1ccc(C2CCCN2C(=O)c2ccoc2C)cc1. The van der Waals surface area contributed by atoms with Gasteiger partial charge in [0.1, 0.15) is 11.5 Å². The molecule has 1 aliphatic rings. The Bertz CT molecular complexity index is 630. The fourth-order valence-electron chi connectivity index (χ4n) is 2.94. The summed E-state index contributed by atoms with van der Waals surface area (Å²) in [5.74, 6) is 1.57. The average molecular weight is 285 g/mol. The molecule has 1 saturated heterocycles. The summed E-state index contributed by atoms with van der Waals surface area (Å²) in [5.41, 5.74) is 1.82. The molecule has 4 nitrogen and oxygen atoms in total. The van der Waals surface area contributed by atoms with E-state index in [2.05, 4.69) is 0 Å². The molecule has 0 radical (unpaired) electrons. The zero-order valence-corrected chi connectivity index (χ0v) is 12.3. The lowest BCUT2D eigenvalue weighted by Gasteiger charge is -2.25. The monoisotopic (exact) mass is 285 g/mol. The van der Waals surface area contributed by atoms with Gasteiger partial charge in [0.25, 0.3) is 5.91 Å². The normalized spacial score (nSPS) is 18.0. The summed E-state index contributed by atoms with van der Waals surface area (Å²) in [4.78, 5) is 14.6. The molecule has 1 aromatic heterocycles. The van der Waals surface area contributed by atoms with Crippen molar-refractivity contribution >= 4 is 5.91 Å². The molecule has 1 aromatic carbocycles. The highest BCUT2D eigenvalue weighted by atomic mass is 16.5. The van der Waals surface area contributed by atoms with E-state index in [0.29, 0.717) is 11.3 Å². The molecule has 0 N–H and O–H groups in total. The number of furan rings is 1. The topological polar surface area (TPSA) is 42.7 Å². The predicted molar refractivity (Wildman–Crippen MR) is 79.5 cm³/mol. The van der Waals surface area contributed by atoms with Gasteiger partial charge in [0.2, 0.25) is 0 Å². The molecule has 1 atom stereocenters. The lowest BCUT2D eigenvalue weighted by Crippen LogP contribution is -2.30. The number of hydrogen-bond acceptors (Lipinski definition) is 3. The van der Waals surface area contributed by atoms with Gasteiger partial charge in [-0.15, -0.1) is 0 Å². The van der Waals surface area contributed by atoms with Crippen LogP contribution in [-0.2, 0) is 0 Å². The maximum Gasteiger partial charge on any atom is 0.257 e. The van der Waals surface area contributed by atoms with Crippen LogP contribution in [0.1, 0.15) is 40.6 Å². The summed E-state index contributed by atoms with van der Waals surface area (Å²) in [7, 11) is 1.65. The Kier molecular flexibility index (Phi) is 3.69. The molecule has 0 saturated carbocycles. The molecule has 1 fully saturated rings. The van der Waals surface area contributed by atoms with Crippen LogP contribution in [0.25, 0.3) is 0 Å². The summed E-state index contributed by atoms with van der Waals surface area (Å²) in [6, 6.07) is 9.85. The van der Waals surface area contributed by atoms with Crippen LogP contribution in [0.15, 0.2) is 41.0 Å². The summed E-state index contributed by atoms with van der Waals surface area (Å²) in [6.45, 7) is 2.62. The van der Waals surface area contributed by atoms with Gasteiger partial charge in [-0.25, -0.2) is 0 Å². The second-order valence-corrected chi connectivity index (χ2v) is 5.32. The fourth-order valence-corrected chi connectivity index (χ4v) is 2.94. The van der Waals surface area contributed by atoms with Gasteiger partial charge in [-0.3, -0.25) is 4.79 Å². The first-order valence-electron chi connectivity index (χ1n) is 7.19. The van der Waals surface area contributed by atoms with E-state index >= 15 is 0 Å². The molecule has 0 aliphatic carbocycles. The maximum atomic E-state index is 12.7. The van der Waals surface area contributed by atoms with Gasteiger partial charge in [0.05, 0.1) is 25.0 Å². The van der Waals surface area contributed by atoms with Crippen molar-refractivity contribution in [1.82, 2.24) is 4.90 Å². The summed E-state index contributed by atoms with van der Waals surface area (Å²) < 4.78 is 10.4. The van der Waals surface area contributed by atoms with E-state index in [4.69, 9.17) is 9.15 Å². The van der Waals surface area contributed by atoms with E-state index < -0.39 is 0 Å². The van der Waals surface area contributed by atoms with Crippen molar-refractivity contribution in [3.05, 3.63) is 53.5 Å². The van der Waals surface area contributed by atoms with Crippen LogP contribution >= 0.6 is 0 Å². The largest absolute Gasteiger partial charge is 0.497 e. The minimum absolute atomic E-state index is 0.0552. The van der Waals surface area contributed by atoms with Crippen LogP contribution in [-0.4, -0.2) is 24.5 Å². The summed E-state index contributed by atoms with van der Waals surface area (Å²) >= 11 is 0. The first-order chi connectivity index (χ1) is 10.2. The van der Waals surface area contributed by atoms with Crippen LogP contribution in [0, 0.1) is 6.92 Å². The van der Waals surface area contributed by atoms with Crippen LogP contribution in [0.4, 0.5) is 0 Å². The van der Waals surface area contributed by atoms with E-state index in [1.165, 1.54) is 0 Å². The van der Waals surface area contributed by atoms with E-state index in [1.807, 2.05) is 36.1 Å². The quantitative estimate of drug-likeness (QED) is 0.865. The summed E-state index contributed by atoms with van der Waals surface area (Å²) in [6.07, 6.45) is 3.59. The Morgan fingerprint density at radius 2 is 2.05 bits per heavy atom. The molecule has 2 heterocycles. The molecular formula is C17H19NO3. The molecular weight excluding hydrogens is 266 g/mol. The van der Waals surface area contributed by atoms with Crippen LogP contribution in [0.3, 0.4) is 0 Å². The molecule has 4 heteroatoms. The average Bonchev–Trinajstić information content (AvgIpc) is 3.15. The number of aryl methyl sites for hydroxylation is 1. The number of likely N-dealkylation sites (tertiary alicyclic amines) is 1. The van der Waals surface area contributed by atoms with Gasteiger partial charge in [-0.2, -0.15) is 0 Å². The predicted octanol–water partition coefficient (Wildman–Crippen LogP) is 3.57. The van der Waals surface area contributed by atoms with Crippen molar-refractivity contribution in [2.75, 3.05) is 13.7 Å². The van der Waals surface area contributed by atoms with Gasteiger partial charge < -0.3 is 14.1 Å². The number of carbonyl (C=O) groups is 1. The number of methoxy groups -OCH3 is 1.